The van der Waals surface area contributed by atoms with Gasteiger partial charge in [-0.15, -0.1) is 0 Å². The van der Waals surface area contributed by atoms with Gasteiger partial charge in [0, 0.05) is 12.6 Å². The number of carboxylic acid groups (broad SMARTS) is 1. The van der Waals surface area contributed by atoms with Crippen LogP contribution in [0.4, 0.5) is 0 Å². The lowest BCUT2D eigenvalue weighted by Gasteiger charge is -2.21. The molecule has 1 atom stereocenters. The Morgan fingerprint density at radius 2 is 1.96 bits per heavy atom. The molecule has 0 radical (unpaired) electrons. The Morgan fingerprint density at radius 1 is 1.21 bits per heavy atom. The number of carbonyl (C=O) groups is 1. The largest absolute Gasteiger partial charge is 0.486 e. The molecule has 2 aromatic carbocycles. The van der Waals surface area contributed by atoms with E-state index in [1.165, 1.54) is 0 Å². The minimum atomic E-state index is -0.850. The molecule has 5 nitrogen and oxygen atoms in total. The summed E-state index contributed by atoms with van der Waals surface area (Å²) in [5, 5.41) is 12.9. The summed E-state index contributed by atoms with van der Waals surface area (Å²) in [6.07, 6.45) is 0.00228. The Morgan fingerprint density at radius 3 is 2.71 bits per heavy atom. The smallest absolute Gasteiger partial charge is 0.305 e. The Hall–Kier alpha value is -2.24. The van der Waals surface area contributed by atoms with Gasteiger partial charge in [-0.2, -0.15) is 0 Å². The summed E-state index contributed by atoms with van der Waals surface area (Å²) in [4.78, 5) is 11.1. The van der Waals surface area contributed by atoms with Crippen LogP contribution in [0.2, 0.25) is 5.02 Å². The summed E-state index contributed by atoms with van der Waals surface area (Å²) in [5.41, 5.74) is 1.85. The fourth-order valence-corrected chi connectivity index (χ4v) is 2.96. The minimum Gasteiger partial charge on any atom is -0.486 e. The molecular formula is C18H18ClNO4. The number of aliphatic carboxylic acids is 1. The molecule has 24 heavy (non-hydrogen) atoms. The van der Waals surface area contributed by atoms with Crippen molar-refractivity contribution in [3.8, 4) is 11.5 Å². The predicted molar refractivity (Wildman–Crippen MR) is 90.7 cm³/mol. The zero-order valence-corrected chi connectivity index (χ0v) is 13.8. The van der Waals surface area contributed by atoms with Crippen LogP contribution in [0.3, 0.4) is 0 Å². The zero-order valence-electron chi connectivity index (χ0n) is 13.0. The fraction of sp³-hybridized carbons (Fsp3) is 0.278. The Bertz CT molecular complexity index is 720. The van der Waals surface area contributed by atoms with Gasteiger partial charge in [0.2, 0.25) is 0 Å². The number of nitrogens with one attached hydrogen (secondary N) is 1. The van der Waals surface area contributed by atoms with Crippen LogP contribution >= 0.6 is 11.6 Å². The van der Waals surface area contributed by atoms with Gasteiger partial charge in [-0.1, -0.05) is 41.9 Å². The van der Waals surface area contributed by atoms with E-state index >= 15 is 0 Å². The number of ether oxygens (including phenoxy) is 2. The van der Waals surface area contributed by atoms with Gasteiger partial charge in [0.05, 0.1) is 11.4 Å². The fourth-order valence-electron chi connectivity index (χ4n) is 2.68. The molecule has 2 aromatic rings. The molecule has 0 saturated carbocycles. The van der Waals surface area contributed by atoms with Gasteiger partial charge in [0.25, 0.3) is 0 Å². The maximum absolute atomic E-state index is 11.1. The molecule has 126 valence electrons. The molecule has 1 unspecified atom stereocenters. The second-order valence-corrected chi connectivity index (χ2v) is 5.95. The van der Waals surface area contributed by atoms with Crippen molar-refractivity contribution in [1.29, 1.82) is 0 Å². The molecule has 1 heterocycles. The van der Waals surface area contributed by atoms with Gasteiger partial charge in [-0.3, -0.25) is 4.79 Å². The maximum Gasteiger partial charge on any atom is 0.305 e. The molecule has 1 aliphatic rings. The van der Waals surface area contributed by atoms with E-state index in [0.717, 1.165) is 11.1 Å². The van der Waals surface area contributed by atoms with Crippen molar-refractivity contribution < 1.29 is 19.4 Å². The summed E-state index contributed by atoms with van der Waals surface area (Å²) >= 11 is 6.24. The minimum absolute atomic E-state index is 0.00228. The normalized spacial score (nSPS) is 14.2. The third-order valence-electron chi connectivity index (χ3n) is 3.79. The molecule has 0 saturated heterocycles. The van der Waals surface area contributed by atoms with Crippen LogP contribution in [0.5, 0.6) is 11.5 Å². The van der Waals surface area contributed by atoms with E-state index in [0.29, 0.717) is 36.3 Å². The highest BCUT2D eigenvalue weighted by atomic mass is 35.5. The summed E-state index contributed by atoms with van der Waals surface area (Å²) in [6.45, 7) is 1.45. The lowest BCUT2D eigenvalue weighted by atomic mass is 10.0. The second kappa shape index (κ2) is 7.55. The van der Waals surface area contributed by atoms with E-state index in [1.54, 1.807) is 0 Å². The Kier molecular flexibility index (Phi) is 5.23. The van der Waals surface area contributed by atoms with E-state index in [9.17, 15) is 4.79 Å². The molecular weight excluding hydrogens is 330 g/mol. The molecule has 0 spiro atoms. The van der Waals surface area contributed by atoms with Crippen LogP contribution in [0, 0.1) is 0 Å². The van der Waals surface area contributed by atoms with Crippen molar-refractivity contribution in [2.75, 3.05) is 13.2 Å². The molecule has 0 amide bonds. The third kappa shape index (κ3) is 3.99. The van der Waals surface area contributed by atoms with Crippen LogP contribution in [-0.2, 0) is 11.3 Å². The van der Waals surface area contributed by atoms with Crippen molar-refractivity contribution >= 4 is 17.6 Å². The number of rotatable bonds is 6. The molecule has 0 aromatic heterocycles. The number of carboxylic acids is 1. The molecule has 1 aliphatic heterocycles. The Balaban J connectivity index is 1.75. The van der Waals surface area contributed by atoms with Crippen LogP contribution in [0.25, 0.3) is 0 Å². The van der Waals surface area contributed by atoms with Crippen molar-refractivity contribution in [2.24, 2.45) is 0 Å². The van der Waals surface area contributed by atoms with Crippen molar-refractivity contribution in [3.05, 3.63) is 58.6 Å². The number of halogens is 1. The number of hydrogen-bond acceptors (Lipinski definition) is 4. The highest BCUT2D eigenvalue weighted by Crippen LogP contribution is 2.38. The summed E-state index contributed by atoms with van der Waals surface area (Å²) in [7, 11) is 0. The average molecular weight is 348 g/mol. The van der Waals surface area contributed by atoms with Crippen molar-refractivity contribution in [1.82, 2.24) is 5.32 Å². The summed E-state index contributed by atoms with van der Waals surface area (Å²) in [5.74, 6) is 0.341. The quantitative estimate of drug-likeness (QED) is 0.838. The Labute approximate surface area is 145 Å². The highest BCUT2D eigenvalue weighted by Gasteiger charge is 2.18. The first-order valence-corrected chi connectivity index (χ1v) is 8.09. The lowest BCUT2D eigenvalue weighted by Crippen LogP contribution is -2.24. The molecule has 0 aliphatic carbocycles. The van der Waals surface area contributed by atoms with E-state index in [2.05, 4.69) is 5.32 Å². The lowest BCUT2D eigenvalue weighted by molar-refractivity contribution is -0.137. The van der Waals surface area contributed by atoms with Crippen LogP contribution in [-0.4, -0.2) is 24.3 Å². The first-order valence-electron chi connectivity index (χ1n) is 7.71. The standard InChI is InChI=1S/C18H18ClNO4/c19-14-8-12(9-16-18(14)24-7-6-23-16)11-20-15(10-17(21)22)13-4-2-1-3-5-13/h1-5,8-9,15,20H,6-7,10-11H2,(H,21,22). The molecule has 2 N–H and O–H groups in total. The first-order chi connectivity index (χ1) is 11.6. The van der Waals surface area contributed by atoms with Crippen LogP contribution in [0.1, 0.15) is 23.6 Å². The zero-order chi connectivity index (χ0) is 16.9. The average Bonchev–Trinajstić information content (AvgIpc) is 2.59. The van der Waals surface area contributed by atoms with Crippen molar-refractivity contribution in [2.45, 2.75) is 19.0 Å². The molecule has 6 heteroatoms. The molecule has 0 fully saturated rings. The van der Waals surface area contributed by atoms with Gasteiger partial charge < -0.3 is 19.9 Å². The third-order valence-corrected chi connectivity index (χ3v) is 4.07. The number of hydrogen-bond donors (Lipinski definition) is 2. The van der Waals surface area contributed by atoms with Gasteiger partial charge >= 0.3 is 5.97 Å². The first kappa shape index (κ1) is 16.6. The van der Waals surface area contributed by atoms with Gasteiger partial charge in [-0.25, -0.2) is 0 Å². The van der Waals surface area contributed by atoms with Gasteiger partial charge in [-0.05, 0) is 23.3 Å². The van der Waals surface area contributed by atoms with Crippen LogP contribution in [0.15, 0.2) is 42.5 Å². The van der Waals surface area contributed by atoms with Crippen molar-refractivity contribution in [3.63, 3.8) is 0 Å². The summed E-state index contributed by atoms with van der Waals surface area (Å²) < 4.78 is 11.1. The van der Waals surface area contributed by atoms with E-state index < -0.39 is 5.97 Å². The SMILES string of the molecule is O=C(O)CC(NCc1cc(Cl)c2c(c1)OCCO2)c1ccccc1. The molecule has 0 bridgehead atoms. The predicted octanol–water partition coefficient (Wildman–Crippen LogP) is 3.42. The number of fused-ring (bicyclic) bond motifs is 1. The van der Waals surface area contributed by atoms with E-state index in [1.807, 2.05) is 42.5 Å². The number of benzene rings is 2. The van der Waals surface area contributed by atoms with E-state index in [4.69, 9.17) is 26.2 Å². The van der Waals surface area contributed by atoms with Gasteiger partial charge in [0.15, 0.2) is 11.5 Å². The maximum atomic E-state index is 11.1. The van der Waals surface area contributed by atoms with E-state index in [-0.39, 0.29) is 12.5 Å². The van der Waals surface area contributed by atoms with Crippen LogP contribution < -0.4 is 14.8 Å². The highest BCUT2D eigenvalue weighted by molar-refractivity contribution is 6.32. The second-order valence-electron chi connectivity index (χ2n) is 5.54. The molecule has 3 rings (SSSR count). The summed E-state index contributed by atoms with van der Waals surface area (Å²) in [6, 6.07) is 12.9. The van der Waals surface area contributed by atoms with Gasteiger partial charge in [0.1, 0.15) is 13.2 Å². The monoisotopic (exact) mass is 347 g/mol. The topological polar surface area (TPSA) is 67.8 Å².